The van der Waals surface area contributed by atoms with Crippen molar-refractivity contribution in [1.82, 2.24) is 20.4 Å². The molecule has 4 rings (SSSR count). The fourth-order valence-electron chi connectivity index (χ4n) is 3.70. The third kappa shape index (κ3) is 2.61. The average Bonchev–Trinajstić information content (AvgIpc) is 2.99. The Hall–Kier alpha value is -0.940. The van der Waals surface area contributed by atoms with Crippen molar-refractivity contribution >= 4 is 0 Å². The van der Waals surface area contributed by atoms with Crippen molar-refractivity contribution in [1.29, 1.82) is 0 Å². The second kappa shape index (κ2) is 5.45. The number of piperidine rings is 1. The van der Waals surface area contributed by atoms with E-state index in [0.29, 0.717) is 12.1 Å². The first-order valence-electron chi connectivity index (χ1n) is 8.19. The van der Waals surface area contributed by atoms with E-state index in [0.717, 1.165) is 37.1 Å². The molecule has 1 saturated carbocycles. The zero-order valence-corrected chi connectivity index (χ0v) is 12.1. The summed E-state index contributed by atoms with van der Waals surface area (Å²) >= 11 is 0. The van der Waals surface area contributed by atoms with Crippen LogP contribution in [0.2, 0.25) is 0 Å². The molecule has 0 amide bonds. The van der Waals surface area contributed by atoms with Crippen molar-refractivity contribution in [2.45, 2.75) is 57.0 Å². The Morgan fingerprint density at radius 1 is 1.15 bits per heavy atom. The van der Waals surface area contributed by atoms with Gasteiger partial charge in [0.15, 0.2) is 5.82 Å². The van der Waals surface area contributed by atoms with E-state index in [2.05, 4.69) is 20.4 Å². The van der Waals surface area contributed by atoms with E-state index in [1.54, 1.807) is 0 Å². The highest BCUT2D eigenvalue weighted by atomic mass is 16.5. The van der Waals surface area contributed by atoms with Gasteiger partial charge in [0, 0.05) is 12.5 Å². The fourth-order valence-corrected chi connectivity index (χ4v) is 3.70. The standard InChI is InChI=1S/C15H24N4O/c1-2-13(19(9-1)12-5-7-16-8-6-12)15-17-14(18-20-15)10-11-3-4-11/h11-13,16H,1-10H2. The molecular weight excluding hydrogens is 252 g/mol. The lowest BCUT2D eigenvalue weighted by molar-refractivity contribution is 0.126. The van der Waals surface area contributed by atoms with Gasteiger partial charge in [0.1, 0.15) is 0 Å². The summed E-state index contributed by atoms with van der Waals surface area (Å²) in [6.07, 6.45) is 8.63. The first-order valence-corrected chi connectivity index (χ1v) is 8.19. The lowest BCUT2D eigenvalue weighted by Gasteiger charge is -2.34. The van der Waals surface area contributed by atoms with Crippen LogP contribution in [0.5, 0.6) is 0 Å². The molecule has 1 aromatic rings. The maximum atomic E-state index is 5.58. The normalized spacial score (nSPS) is 29.1. The molecule has 1 N–H and O–H groups in total. The van der Waals surface area contributed by atoms with Crippen molar-refractivity contribution < 1.29 is 4.52 Å². The molecule has 20 heavy (non-hydrogen) atoms. The molecule has 0 aromatic carbocycles. The van der Waals surface area contributed by atoms with Crippen LogP contribution in [-0.4, -0.2) is 40.7 Å². The molecule has 3 fully saturated rings. The van der Waals surface area contributed by atoms with Crippen molar-refractivity contribution in [3.8, 4) is 0 Å². The molecule has 2 saturated heterocycles. The number of aromatic nitrogens is 2. The molecule has 5 nitrogen and oxygen atoms in total. The Balaban J connectivity index is 1.46. The van der Waals surface area contributed by atoms with Crippen LogP contribution in [0.15, 0.2) is 4.52 Å². The summed E-state index contributed by atoms with van der Waals surface area (Å²) < 4.78 is 5.58. The molecule has 1 atom stereocenters. The summed E-state index contributed by atoms with van der Waals surface area (Å²) in [5, 5.41) is 7.64. The summed E-state index contributed by atoms with van der Waals surface area (Å²) in [4.78, 5) is 7.30. The Morgan fingerprint density at radius 3 is 2.80 bits per heavy atom. The molecule has 2 aliphatic heterocycles. The van der Waals surface area contributed by atoms with Crippen LogP contribution >= 0.6 is 0 Å². The van der Waals surface area contributed by atoms with Gasteiger partial charge in [-0.3, -0.25) is 4.90 Å². The van der Waals surface area contributed by atoms with E-state index in [1.807, 2.05) is 0 Å². The SMILES string of the molecule is C1CC(c2nc(CC3CC3)no2)N(C2CCNCC2)C1. The van der Waals surface area contributed by atoms with Crippen LogP contribution in [-0.2, 0) is 6.42 Å². The Kier molecular flexibility index (Phi) is 3.48. The number of nitrogens with zero attached hydrogens (tertiary/aromatic N) is 3. The largest absolute Gasteiger partial charge is 0.338 e. The molecular formula is C15H24N4O. The Bertz CT molecular complexity index is 450. The van der Waals surface area contributed by atoms with E-state index in [9.17, 15) is 0 Å². The van der Waals surface area contributed by atoms with Crippen molar-refractivity contribution in [3.63, 3.8) is 0 Å². The molecule has 3 aliphatic rings. The van der Waals surface area contributed by atoms with Crippen LogP contribution in [0.25, 0.3) is 0 Å². The van der Waals surface area contributed by atoms with E-state index in [-0.39, 0.29) is 0 Å². The highest BCUT2D eigenvalue weighted by Crippen LogP contribution is 2.36. The first-order chi connectivity index (χ1) is 9.90. The molecule has 3 heterocycles. The molecule has 0 radical (unpaired) electrons. The van der Waals surface area contributed by atoms with Gasteiger partial charge in [-0.15, -0.1) is 0 Å². The monoisotopic (exact) mass is 276 g/mol. The smallest absolute Gasteiger partial charge is 0.244 e. The van der Waals surface area contributed by atoms with Crippen LogP contribution in [0.4, 0.5) is 0 Å². The highest BCUT2D eigenvalue weighted by molar-refractivity contribution is 5.00. The van der Waals surface area contributed by atoms with Gasteiger partial charge in [-0.05, 0) is 64.1 Å². The minimum absolute atomic E-state index is 0.374. The lowest BCUT2D eigenvalue weighted by Crippen LogP contribution is -2.42. The van der Waals surface area contributed by atoms with Crippen LogP contribution < -0.4 is 5.32 Å². The zero-order valence-electron chi connectivity index (χ0n) is 12.1. The predicted octanol–water partition coefficient (Wildman–Crippen LogP) is 1.91. The van der Waals surface area contributed by atoms with E-state index >= 15 is 0 Å². The third-order valence-corrected chi connectivity index (χ3v) is 5.01. The second-order valence-corrected chi connectivity index (χ2v) is 6.57. The molecule has 5 heteroatoms. The summed E-state index contributed by atoms with van der Waals surface area (Å²) in [6, 6.07) is 1.07. The topological polar surface area (TPSA) is 54.2 Å². The van der Waals surface area contributed by atoms with Crippen LogP contribution in [0, 0.1) is 5.92 Å². The van der Waals surface area contributed by atoms with Gasteiger partial charge in [-0.1, -0.05) is 5.16 Å². The quantitative estimate of drug-likeness (QED) is 0.910. The molecule has 1 aliphatic carbocycles. The van der Waals surface area contributed by atoms with Crippen molar-refractivity contribution in [2.24, 2.45) is 5.92 Å². The molecule has 0 bridgehead atoms. The summed E-state index contributed by atoms with van der Waals surface area (Å²) in [5.74, 6) is 2.63. The van der Waals surface area contributed by atoms with Crippen LogP contribution in [0.3, 0.4) is 0 Å². The van der Waals surface area contributed by atoms with Crippen molar-refractivity contribution in [2.75, 3.05) is 19.6 Å². The average molecular weight is 276 g/mol. The number of nitrogens with one attached hydrogen (secondary N) is 1. The third-order valence-electron chi connectivity index (χ3n) is 5.01. The number of hydrogen-bond acceptors (Lipinski definition) is 5. The first kappa shape index (κ1) is 12.8. The van der Waals surface area contributed by atoms with Gasteiger partial charge in [0.25, 0.3) is 0 Å². The zero-order chi connectivity index (χ0) is 13.4. The lowest BCUT2D eigenvalue weighted by atomic mass is 10.0. The Labute approximate surface area is 120 Å². The molecule has 1 aromatic heterocycles. The Morgan fingerprint density at radius 2 is 2.00 bits per heavy atom. The second-order valence-electron chi connectivity index (χ2n) is 6.57. The van der Waals surface area contributed by atoms with Gasteiger partial charge >= 0.3 is 0 Å². The van der Waals surface area contributed by atoms with E-state index in [4.69, 9.17) is 4.52 Å². The fraction of sp³-hybridized carbons (Fsp3) is 0.867. The van der Waals surface area contributed by atoms with Gasteiger partial charge < -0.3 is 9.84 Å². The van der Waals surface area contributed by atoms with Gasteiger partial charge in [-0.25, -0.2) is 0 Å². The van der Waals surface area contributed by atoms with E-state index in [1.165, 1.54) is 45.1 Å². The number of hydrogen-bond donors (Lipinski definition) is 1. The number of rotatable bonds is 4. The predicted molar refractivity (Wildman–Crippen MR) is 75.3 cm³/mol. The number of likely N-dealkylation sites (tertiary alicyclic amines) is 1. The molecule has 0 spiro atoms. The minimum Gasteiger partial charge on any atom is -0.338 e. The maximum absolute atomic E-state index is 5.58. The van der Waals surface area contributed by atoms with Crippen LogP contribution in [0.1, 0.15) is 56.3 Å². The maximum Gasteiger partial charge on any atom is 0.244 e. The van der Waals surface area contributed by atoms with Gasteiger partial charge in [-0.2, -0.15) is 4.98 Å². The van der Waals surface area contributed by atoms with Gasteiger partial charge in [0.2, 0.25) is 5.89 Å². The highest BCUT2D eigenvalue weighted by Gasteiger charge is 2.36. The molecule has 110 valence electrons. The summed E-state index contributed by atoms with van der Waals surface area (Å²) in [7, 11) is 0. The molecule has 1 unspecified atom stereocenters. The van der Waals surface area contributed by atoms with Crippen molar-refractivity contribution in [3.05, 3.63) is 11.7 Å². The summed E-state index contributed by atoms with van der Waals surface area (Å²) in [5.41, 5.74) is 0. The summed E-state index contributed by atoms with van der Waals surface area (Å²) in [6.45, 7) is 3.48. The van der Waals surface area contributed by atoms with E-state index < -0.39 is 0 Å². The minimum atomic E-state index is 0.374. The van der Waals surface area contributed by atoms with Gasteiger partial charge in [0.05, 0.1) is 6.04 Å².